The molecule has 138 valence electrons. The van der Waals surface area contributed by atoms with E-state index < -0.39 is 5.60 Å². The number of rotatable bonds is 7. The molecular weight excluding hydrogens is 302 g/mol. The van der Waals surface area contributed by atoms with Gasteiger partial charge in [-0.1, -0.05) is 33.1 Å². The fourth-order valence-corrected chi connectivity index (χ4v) is 3.93. The zero-order chi connectivity index (χ0) is 18.0. The van der Waals surface area contributed by atoms with Crippen molar-refractivity contribution in [2.24, 2.45) is 17.3 Å². The minimum absolute atomic E-state index is 0.136. The van der Waals surface area contributed by atoms with Gasteiger partial charge in [-0.05, 0) is 58.8 Å². The first-order chi connectivity index (χ1) is 11.2. The van der Waals surface area contributed by atoms with Crippen LogP contribution in [0.15, 0.2) is 0 Å². The Hall–Kier alpha value is -1.06. The third-order valence-corrected chi connectivity index (χ3v) is 5.48. The molecule has 1 amide bonds. The average molecular weight is 338 g/mol. The van der Waals surface area contributed by atoms with Gasteiger partial charge in [-0.25, -0.2) is 0 Å². The van der Waals surface area contributed by atoms with E-state index >= 15 is 0 Å². The van der Waals surface area contributed by atoms with Gasteiger partial charge in [0.2, 0.25) is 5.91 Å². The number of esters is 1. The predicted molar refractivity (Wildman–Crippen MR) is 95.5 cm³/mol. The Balaban J connectivity index is 2.07. The van der Waals surface area contributed by atoms with Crippen LogP contribution in [0.2, 0.25) is 0 Å². The van der Waals surface area contributed by atoms with E-state index in [0.717, 1.165) is 44.9 Å². The van der Waals surface area contributed by atoms with Crippen LogP contribution in [0.4, 0.5) is 0 Å². The molecule has 0 saturated heterocycles. The lowest BCUT2D eigenvalue weighted by atomic mass is 9.75. The van der Waals surface area contributed by atoms with Crippen LogP contribution in [-0.4, -0.2) is 23.5 Å². The molecule has 2 aliphatic rings. The lowest BCUT2D eigenvalue weighted by molar-refractivity contribution is -0.162. The number of amides is 1. The molecule has 2 fully saturated rings. The highest BCUT2D eigenvalue weighted by atomic mass is 16.6. The maximum atomic E-state index is 12.9. The van der Waals surface area contributed by atoms with Gasteiger partial charge in [-0.15, -0.1) is 0 Å². The second-order valence-corrected chi connectivity index (χ2v) is 9.00. The first-order valence-corrected chi connectivity index (χ1v) is 9.71. The van der Waals surface area contributed by atoms with Crippen molar-refractivity contribution in [2.75, 3.05) is 0 Å². The number of hydrogen-bond acceptors (Lipinski definition) is 3. The molecule has 24 heavy (non-hydrogen) atoms. The Morgan fingerprint density at radius 1 is 1.25 bits per heavy atom. The van der Waals surface area contributed by atoms with Crippen molar-refractivity contribution in [3.05, 3.63) is 0 Å². The SMILES string of the molecule is CCCC(CC1(C(=O)NC2C[C@H]2C)CCCC1)C(=O)OC(C)(C)C. The van der Waals surface area contributed by atoms with Gasteiger partial charge in [-0.2, -0.15) is 0 Å². The second kappa shape index (κ2) is 7.45. The molecule has 4 nitrogen and oxygen atoms in total. The normalized spacial score (nSPS) is 26.7. The molecule has 4 heteroatoms. The Kier molecular flexibility index (Phi) is 5.98. The highest BCUT2D eigenvalue weighted by molar-refractivity contribution is 5.84. The van der Waals surface area contributed by atoms with Crippen LogP contribution in [-0.2, 0) is 14.3 Å². The summed E-state index contributed by atoms with van der Waals surface area (Å²) in [7, 11) is 0. The van der Waals surface area contributed by atoms with Crippen molar-refractivity contribution >= 4 is 11.9 Å². The van der Waals surface area contributed by atoms with Crippen molar-refractivity contribution in [2.45, 2.75) is 97.6 Å². The Bertz CT molecular complexity index is 460. The van der Waals surface area contributed by atoms with Gasteiger partial charge in [0.1, 0.15) is 5.60 Å². The number of hydrogen-bond donors (Lipinski definition) is 1. The van der Waals surface area contributed by atoms with Gasteiger partial charge < -0.3 is 10.1 Å². The molecule has 1 N–H and O–H groups in total. The molecule has 0 heterocycles. The maximum absolute atomic E-state index is 12.9. The summed E-state index contributed by atoms with van der Waals surface area (Å²) in [5, 5.41) is 3.23. The highest BCUT2D eigenvalue weighted by Gasteiger charge is 2.46. The maximum Gasteiger partial charge on any atom is 0.309 e. The summed E-state index contributed by atoms with van der Waals surface area (Å²) < 4.78 is 5.63. The zero-order valence-electron chi connectivity index (χ0n) is 16.1. The van der Waals surface area contributed by atoms with Gasteiger partial charge in [0.05, 0.1) is 11.3 Å². The third kappa shape index (κ3) is 4.97. The van der Waals surface area contributed by atoms with Crippen molar-refractivity contribution in [1.82, 2.24) is 5.32 Å². The summed E-state index contributed by atoms with van der Waals surface area (Å²) in [6.45, 7) is 9.97. The van der Waals surface area contributed by atoms with E-state index in [2.05, 4.69) is 19.2 Å². The number of carbonyl (C=O) groups excluding carboxylic acids is 2. The van der Waals surface area contributed by atoms with Crippen LogP contribution in [0, 0.1) is 17.3 Å². The Labute approximate surface area is 147 Å². The lowest BCUT2D eigenvalue weighted by Crippen LogP contribution is -2.43. The van der Waals surface area contributed by atoms with Crippen LogP contribution in [0.1, 0.15) is 86.0 Å². The standard InChI is InChI=1S/C20H35NO3/c1-6-9-15(17(22)24-19(3,4)5)13-20(10-7-8-11-20)18(23)21-16-12-14(16)2/h14-16H,6-13H2,1-5H3,(H,21,23)/t14-,15?,16?/m1/s1. The first kappa shape index (κ1) is 19.3. The first-order valence-electron chi connectivity index (χ1n) is 9.71. The fraction of sp³-hybridized carbons (Fsp3) is 0.900. The van der Waals surface area contributed by atoms with Crippen LogP contribution in [0.5, 0.6) is 0 Å². The molecule has 2 aliphatic carbocycles. The highest BCUT2D eigenvalue weighted by Crippen LogP contribution is 2.45. The summed E-state index contributed by atoms with van der Waals surface area (Å²) >= 11 is 0. The van der Waals surface area contributed by atoms with Crippen LogP contribution >= 0.6 is 0 Å². The van der Waals surface area contributed by atoms with E-state index in [-0.39, 0.29) is 23.2 Å². The van der Waals surface area contributed by atoms with E-state index in [0.29, 0.717) is 18.4 Å². The second-order valence-electron chi connectivity index (χ2n) is 9.00. The van der Waals surface area contributed by atoms with Gasteiger partial charge in [0, 0.05) is 6.04 Å². The molecule has 3 atom stereocenters. The van der Waals surface area contributed by atoms with Crippen molar-refractivity contribution in [1.29, 1.82) is 0 Å². The molecule has 0 aromatic rings. The third-order valence-electron chi connectivity index (χ3n) is 5.48. The molecule has 0 radical (unpaired) electrons. The minimum atomic E-state index is -0.475. The van der Waals surface area contributed by atoms with Crippen LogP contribution in [0.3, 0.4) is 0 Å². The number of nitrogens with one attached hydrogen (secondary N) is 1. The summed E-state index contributed by atoms with van der Waals surface area (Å²) in [5.41, 5.74) is -0.837. The smallest absolute Gasteiger partial charge is 0.309 e. The number of ether oxygens (including phenoxy) is 1. The predicted octanol–water partition coefficient (Wildman–Crippen LogP) is 4.22. The van der Waals surface area contributed by atoms with Gasteiger partial charge in [0.25, 0.3) is 0 Å². The topological polar surface area (TPSA) is 55.4 Å². The lowest BCUT2D eigenvalue weighted by Gasteiger charge is -2.32. The fourth-order valence-electron chi connectivity index (χ4n) is 3.93. The van der Waals surface area contributed by atoms with E-state index in [9.17, 15) is 9.59 Å². The molecule has 0 aromatic heterocycles. The summed E-state index contributed by atoms with van der Waals surface area (Å²) in [5.74, 6) is 0.474. The average Bonchev–Trinajstić information content (AvgIpc) is 2.97. The van der Waals surface area contributed by atoms with E-state index in [1.165, 1.54) is 0 Å². The van der Waals surface area contributed by atoms with Gasteiger partial charge in [-0.3, -0.25) is 9.59 Å². The van der Waals surface area contributed by atoms with Crippen LogP contribution in [0.25, 0.3) is 0 Å². The van der Waals surface area contributed by atoms with Gasteiger partial charge >= 0.3 is 5.97 Å². The largest absolute Gasteiger partial charge is 0.460 e. The van der Waals surface area contributed by atoms with Crippen molar-refractivity contribution in [3.8, 4) is 0 Å². The summed E-state index contributed by atoms with van der Waals surface area (Å²) in [6.07, 6.45) is 7.44. The van der Waals surface area contributed by atoms with E-state index in [1.54, 1.807) is 0 Å². The monoisotopic (exact) mass is 337 g/mol. The summed E-state index contributed by atoms with van der Waals surface area (Å²) in [4.78, 5) is 25.6. The quantitative estimate of drug-likeness (QED) is 0.708. The van der Waals surface area contributed by atoms with Crippen molar-refractivity contribution in [3.63, 3.8) is 0 Å². The van der Waals surface area contributed by atoms with Crippen LogP contribution < -0.4 is 5.32 Å². The molecule has 0 aromatic carbocycles. The number of carbonyl (C=O) groups is 2. The molecular formula is C20H35NO3. The summed E-state index contributed by atoms with van der Waals surface area (Å²) in [6, 6.07) is 0.348. The Morgan fingerprint density at radius 3 is 2.29 bits per heavy atom. The molecule has 2 rings (SSSR count). The molecule has 0 bridgehead atoms. The van der Waals surface area contributed by atoms with Crippen molar-refractivity contribution < 1.29 is 14.3 Å². The molecule has 0 aliphatic heterocycles. The molecule has 2 saturated carbocycles. The van der Waals surface area contributed by atoms with Gasteiger partial charge in [0.15, 0.2) is 0 Å². The zero-order valence-corrected chi connectivity index (χ0v) is 16.1. The molecule has 2 unspecified atom stereocenters. The Morgan fingerprint density at radius 2 is 1.83 bits per heavy atom. The minimum Gasteiger partial charge on any atom is -0.460 e. The molecule has 0 spiro atoms. The van der Waals surface area contributed by atoms with E-state index in [1.807, 2.05) is 20.8 Å². The van der Waals surface area contributed by atoms with E-state index in [4.69, 9.17) is 4.74 Å².